The van der Waals surface area contributed by atoms with Crippen molar-refractivity contribution in [3.05, 3.63) is 52.7 Å². The van der Waals surface area contributed by atoms with Crippen LogP contribution in [0.3, 0.4) is 0 Å². The van der Waals surface area contributed by atoms with Crippen LogP contribution in [0.15, 0.2) is 36.5 Å². The van der Waals surface area contributed by atoms with Crippen molar-refractivity contribution in [3.63, 3.8) is 0 Å². The topological polar surface area (TPSA) is 65.9 Å². The molecule has 0 saturated heterocycles. The maximum Gasteiger partial charge on any atom is 0.146 e. The van der Waals surface area contributed by atoms with Crippen molar-refractivity contribution in [1.29, 1.82) is 5.26 Å². The fourth-order valence-electron chi connectivity index (χ4n) is 2.01. The lowest BCUT2D eigenvalue weighted by molar-refractivity contribution is 0.728. The number of nitrogen functional groups attached to an aromatic ring is 1. The van der Waals surface area contributed by atoms with Crippen molar-refractivity contribution >= 4 is 23.1 Å². The number of nitrogens with two attached hydrogens (primary N) is 1. The van der Waals surface area contributed by atoms with Crippen LogP contribution >= 0.6 is 11.6 Å². The van der Waals surface area contributed by atoms with Gasteiger partial charge in [-0.2, -0.15) is 5.26 Å². The summed E-state index contributed by atoms with van der Waals surface area (Å²) in [7, 11) is 1.89. The van der Waals surface area contributed by atoms with E-state index in [1.54, 1.807) is 12.3 Å². The van der Waals surface area contributed by atoms with E-state index in [-0.39, 0.29) is 6.04 Å². The summed E-state index contributed by atoms with van der Waals surface area (Å²) >= 11 is 6.02. The minimum Gasteiger partial charge on any atom is -0.397 e. The second kappa shape index (κ2) is 5.81. The highest BCUT2D eigenvalue weighted by Crippen LogP contribution is 2.28. The summed E-state index contributed by atoms with van der Waals surface area (Å²) in [5.41, 5.74) is 7.66. The van der Waals surface area contributed by atoms with Gasteiger partial charge in [0, 0.05) is 12.1 Å². The van der Waals surface area contributed by atoms with Crippen LogP contribution in [-0.4, -0.2) is 12.0 Å². The SMILES string of the molecule is CC(c1cccc(Cl)c1)N(C)c1ncc(N)cc1C#N. The smallest absolute Gasteiger partial charge is 0.146 e. The highest BCUT2D eigenvalue weighted by Gasteiger charge is 2.17. The number of anilines is 2. The van der Waals surface area contributed by atoms with E-state index in [2.05, 4.69) is 11.1 Å². The summed E-state index contributed by atoms with van der Waals surface area (Å²) in [6.07, 6.45) is 1.55. The molecule has 1 aromatic carbocycles. The molecular formula is C15H15ClN4. The quantitative estimate of drug-likeness (QED) is 0.939. The lowest BCUT2D eigenvalue weighted by Crippen LogP contribution is -2.23. The Morgan fingerprint density at radius 2 is 2.15 bits per heavy atom. The number of rotatable bonds is 3. The van der Waals surface area contributed by atoms with Gasteiger partial charge in [-0.1, -0.05) is 23.7 Å². The lowest BCUT2D eigenvalue weighted by Gasteiger charge is -2.27. The number of halogens is 1. The first-order valence-electron chi connectivity index (χ1n) is 6.17. The van der Waals surface area contributed by atoms with Crippen LogP contribution in [0.25, 0.3) is 0 Å². The summed E-state index contributed by atoms with van der Waals surface area (Å²) in [6.45, 7) is 2.03. The number of aromatic nitrogens is 1. The predicted molar refractivity (Wildman–Crippen MR) is 81.6 cm³/mol. The molecule has 2 N–H and O–H groups in total. The van der Waals surface area contributed by atoms with E-state index in [1.165, 1.54) is 0 Å². The molecule has 2 aromatic rings. The van der Waals surface area contributed by atoms with Crippen LogP contribution in [-0.2, 0) is 0 Å². The summed E-state index contributed by atoms with van der Waals surface area (Å²) in [6, 6.07) is 11.4. The predicted octanol–water partition coefficient (Wildman–Crippen LogP) is 3.39. The van der Waals surface area contributed by atoms with Gasteiger partial charge in [0.05, 0.1) is 23.5 Å². The molecule has 20 heavy (non-hydrogen) atoms. The van der Waals surface area contributed by atoms with Gasteiger partial charge >= 0.3 is 0 Å². The molecule has 1 unspecified atom stereocenters. The zero-order valence-electron chi connectivity index (χ0n) is 11.3. The molecule has 1 aromatic heterocycles. The van der Waals surface area contributed by atoms with Crippen molar-refractivity contribution < 1.29 is 0 Å². The molecule has 0 saturated carbocycles. The van der Waals surface area contributed by atoms with Gasteiger partial charge in [-0.15, -0.1) is 0 Å². The molecule has 0 bridgehead atoms. The van der Waals surface area contributed by atoms with E-state index in [0.29, 0.717) is 22.1 Å². The van der Waals surface area contributed by atoms with Crippen molar-refractivity contribution in [2.24, 2.45) is 0 Å². The molecule has 102 valence electrons. The molecule has 0 aliphatic rings. The Labute approximate surface area is 123 Å². The van der Waals surface area contributed by atoms with E-state index < -0.39 is 0 Å². The van der Waals surface area contributed by atoms with E-state index in [9.17, 15) is 5.26 Å². The average Bonchev–Trinajstić information content (AvgIpc) is 2.45. The van der Waals surface area contributed by atoms with Gasteiger partial charge in [0.2, 0.25) is 0 Å². The van der Waals surface area contributed by atoms with Gasteiger partial charge in [0.1, 0.15) is 11.9 Å². The minimum atomic E-state index is 0.0388. The first kappa shape index (κ1) is 14.2. The standard InChI is InChI=1S/C15H15ClN4/c1-10(11-4-3-5-13(16)6-11)20(2)15-12(8-17)7-14(18)9-19-15/h3-7,9-10H,18H2,1-2H3. The van der Waals surface area contributed by atoms with E-state index in [1.807, 2.05) is 43.1 Å². The number of pyridine rings is 1. The Bertz CT molecular complexity index is 663. The Hall–Kier alpha value is -2.25. The first-order valence-corrected chi connectivity index (χ1v) is 6.54. The molecule has 0 spiro atoms. The third-order valence-electron chi connectivity index (χ3n) is 3.25. The number of hydrogen-bond donors (Lipinski definition) is 1. The van der Waals surface area contributed by atoms with Crippen molar-refractivity contribution in [2.75, 3.05) is 17.7 Å². The van der Waals surface area contributed by atoms with Gasteiger partial charge in [-0.25, -0.2) is 4.98 Å². The van der Waals surface area contributed by atoms with Gasteiger partial charge in [-0.3, -0.25) is 0 Å². The first-order chi connectivity index (χ1) is 9.52. The lowest BCUT2D eigenvalue weighted by atomic mass is 10.1. The van der Waals surface area contributed by atoms with Crippen molar-refractivity contribution in [2.45, 2.75) is 13.0 Å². The zero-order valence-corrected chi connectivity index (χ0v) is 12.1. The third-order valence-corrected chi connectivity index (χ3v) is 3.49. The second-order valence-corrected chi connectivity index (χ2v) is 5.03. The second-order valence-electron chi connectivity index (χ2n) is 4.59. The van der Waals surface area contributed by atoms with E-state index >= 15 is 0 Å². The number of nitrogens with zero attached hydrogens (tertiary/aromatic N) is 3. The molecule has 0 amide bonds. The summed E-state index contributed by atoms with van der Waals surface area (Å²) in [5, 5.41) is 9.88. The van der Waals surface area contributed by atoms with Gasteiger partial charge in [0.15, 0.2) is 0 Å². The zero-order chi connectivity index (χ0) is 14.7. The Morgan fingerprint density at radius 3 is 2.80 bits per heavy atom. The maximum atomic E-state index is 9.19. The molecule has 4 nitrogen and oxygen atoms in total. The normalized spacial score (nSPS) is 11.7. The molecule has 0 fully saturated rings. The Morgan fingerprint density at radius 1 is 1.40 bits per heavy atom. The molecule has 0 aliphatic carbocycles. The molecule has 0 radical (unpaired) electrons. The van der Waals surface area contributed by atoms with Gasteiger partial charge in [0.25, 0.3) is 0 Å². The van der Waals surface area contributed by atoms with Crippen LogP contribution in [0, 0.1) is 11.3 Å². The van der Waals surface area contributed by atoms with Crippen molar-refractivity contribution in [3.8, 4) is 6.07 Å². The maximum absolute atomic E-state index is 9.19. The molecule has 5 heteroatoms. The van der Waals surface area contributed by atoms with Gasteiger partial charge < -0.3 is 10.6 Å². The Kier molecular flexibility index (Phi) is 4.11. The van der Waals surface area contributed by atoms with E-state index in [4.69, 9.17) is 17.3 Å². The Balaban J connectivity index is 2.36. The summed E-state index contributed by atoms with van der Waals surface area (Å²) in [5.74, 6) is 0.606. The fourth-order valence-corrected chi connectivity index (χ4v) is 2.21. The highest BCUT2D eigenvalue weighted by molar-refractivity contribution is 6.30. The largest absolute Gasteiger partial charge is 0.397 e. The van der Waals surface area contributed by atoms with Gasteiger partial charge in [-0.05, 0) is 30.7 Å². The number of nitriles is 1. The van der Waals surface area contributed by atoms with Crippen molar-refractivity contribution in [1.82, 2.24) is 4.98 Å². The average molecular weight is 287 g/mol. The van der Waals surface area contributed by atoms with Crippen LogP contribution in [0.5, 0.6) is 0 Å². The molecule has 0 aliphatic heterocycles. The molecule has 1 heterocycles. The monoisotopic (exact) mass is 286 g/mol. The third kappa shape index (κ3) is 2.84. The summed E-state index contributed by atoms with van der Waals surface area (Å²) in [4.78, 5) is 6.20. The molecular weight excluding hydrogens is 272 g/mol. The highest BCUT2D eigenvalue weighted by atomic mass is 35.5. The number of benzene rings is 1. The van der Waals surface area contributed by atoms with Crippen LogP contribution in [0.2, 0.25) is 5.02 Å². The van der Waals surface area contributed by atoms with E-state index in [0.717, 1.165) is 5.56 Å². The fraction of sp³-hybridized carbons (Fsp3) is 0.200. The van der Waals surface area contributed by atoms with Crippen LogP contribution in [0.4, 0.5) is 11.5 Å². The van der Waals surface area contributed by atoms with Crippen LogP contribution in [0.1, 0.15) is 24.1 Å². The minimum absolute atomic E-state index is 0.0388. The number of hydrogen-bond acceptors (Lipinski definition) is 4. The molecule has 1 atom stereocenters. The summed E-state index contributed by atoms with van der Waals surface area (Å²) < 4.78 is 0. The molecule has 2 rings (SSSR count). The van der Waals surface area contributed by atoms with Crippen LogP contribution < -0.4 is 10.6 Å².